The third kappa shape index (κ3) is 4.21. The van der Waals surface area contributed by atoms with Gasteiger partial charge in [-0.2, -0.15) is 0 Å². The minimum Gasteiger partial charge on any atom is -0.508 e. The smallest absolute Gasteiger partial charge is 0.126 e. The topological polar surface area (TPSA) is 162 Å². The summed E-state index contributed by atoms with van der Waals surface area (Å²) in [5.41, 5.74) is 3.71. The van der Waals surface area contributed by atoms with Crippen molar-refractivity contribution in [2.24, 2.45) is 0 Å². The Morgan fingerprint density at radius 3 is 0.738 bits per heavy atom. The molecule has 8 N–H and O–H groups in total. The predicted octanol–water partition coefficient (Wildman–Crippen LogP) is 6.87. The van der Waals surface area contributed by atoms with E-state index in [0.29, 0.717) is 44.5 Å². The molecule has 0 aliphatic heterocycles. The Labute approximate surface area is 244 Å². The molecule has 1 aliphatic rings. The lowest BCUT2D eigenvalue weighted by atomic mass is 9.79. The Bertz CT molecular complexity index is 1520. The van der Waals surface area contributed by atoms with Gasteiger partial charge in [0.2, 0.25) is 0 Å². The van der Waals surface area contributed by atoms with E-state index in [-0.39, 0.29) is 57.1 Å². The maximum atomic E-state index is 11.1. The molecule has 4 aromatic carbocycles. The van der Waals surface area contributed by atoms with E-state index >= 15 is 0 Å². The second kappa shape index (κ2) is 9.98. The number of fused-ring (bicyclic) bond motifs is 8. The minimum atomic E-state index is -0.607. The van der Waals surface area contributed by atoms with Gasteiger partial charge in [-0.05, 0) is 38.1 Å². The molecule has 0 fully saturated rings. The van der Waals surface area contributed by atoms with Gasteiger partial charge in [-0.3, -0.25) is 0 Å². The number of benzene rings is 4. The van der Waals surface area contributed by atoms with E-state index in [1.807, 2.05) is 0 Å². The van der Waals surface area contributed by atoms with Crippen molar-refractivity contribution in [1.82, 2.24) is 0 Å². The number of aromatic hydroxyl groups is 8. The molecule has 0 saturated heterocycles. The van der Waals surface area contributed by atoms with Gasteiger partial charge in [-0.15, -0.1) is 0 Å². The van der Waals surface area contributed by atoms with Crippen LogP contribution < -0.4 is 0 Å². The van der Waals surface area contributed by atoms with Gasteiger partial charge < -0.3 is 40.9 Å². The van der Waals surface area contributed by atoms with E-state index in [1.54, 1.807) is 65.8 Å². The quantitative estimate of drug-likeness (QED) is 0.113. The molecule has 8 nitrogen and oxygen atoms in total. The third-order valence-electron chi connectivity index (χ3n) is 9.22. The highest BCUT2D eigenvalue weighted by atomic mass is 16.3. The fraction of sp³-hybridized carbons (Fsp3) is 0.294. The lowest BCUT2D eigenvalue weighted by molar-refractivity contribution is 0.425. The van der Waals surface area contributed by atoms with Crippen LogP contribution in [0, 0.1) is 13.8 Å². The Hall–Kier alpha value is -4.72. The number of hydrogen-bond acceptors (Lipinski definition) is 8. The van der Waals surface area contributed by atoms with Crippen molar-refractivity contribution >= 4 is 0 Å². The Kier molecular flexibility index (Phi) is 6.84. The molecular formula is C34H36O8. The first-order valence-electron chi connectivity index (χ1n) is 13.9. The molecule has 4 aromatic rings. The van der Waals surface area contributed by atoms with Gasteiger partial charge in [0.15, 0.2) is 0 Å². The number of phenols is 8. The van der Waals surface area contributed by atoms with E-state index in [2.05, 4.69) is 0 Å². The molecule has 4 unspecified atom stereocenters. The van der Waals surface area contributed by atoms with Gasteiger partial charge in [-0.1, -0.05) is 27.7 Å². The predicted molar refractivity (Wildman–Crippen MR) is 159 cm³/mol. The molecule has 0 amide bonds. The normalized spacial score (nSPS) is 20.0. The van der Waals surface area contributed by atoms with Crippen LogP contribution in [-0.2, 0) is 0 Å². The molecule has 0 spiro atoms. The van der Waals surface area contributed by atoms with Crippen LogP contribution in [0.25, 0.3) is 0 Å². The summed E-state index contributed by atoms with van der Waals surface area (Å²) in [6.07, 6.45) is 0. The third-order valence-corrected chi connectivity index (χ3v) is 9.22. The highest BCUT2D eigenvalue weighted by molar-refractivity contribution is 5.64. The van der Waals surface area contributed by atoms with Crippen molar-refractivity contribution < 1.29 is 40.9 Å². The van der Waals surface area contributed by atoms with Crippen LogP contribution in [0.5, 0.6) is 46.0 Å². The molecule has 42 heavy (non-hydrogen) atoms. The van der Waals surface area contributed by atoms with Gasteiger partial charge in [-0.25, -0.2) is 0 Å². The van der Waals surface area contributed by atoms with Crippen LogP contribution in [0.4, 0.5) is 0 Å². The average molecular weight is 573 g/mol. The molecule has 5 rings (SSSR count). The zero-order valence-corrected chi connectivity index (χ0v) is 24.4. The van der Waals surface area contributed by atoms with Crippen LogP contribution in [0.2, 0.25) is 0 Å². The summed E-state index contributed by atoms with van der Waals surface area (Å²) in [6, 6.07) is 8.97. The molecule has 8 heteroatoms. The van der Waals surface area contributed by atoms with Crippen molar-refractivity contribution in [3.63, 3.8) is 0 Å². The SMILES string of the molecule is Cc1c(O)c2cc(c1O)C(C)c1cc(c(O)cc1O)C(C)c1cc(c(O)c(C)c1O)C(C)c1cc(c(O)cc1O)C2C. The van der Waals surface area contributed by atoms with Gasteiger partial charge in [0, 0.05) is 91.4 Å². The number of phenolic OH excluding ortho intramolecular Hbond substituents is 8. The maximum Gasteiger partial charge on any atom is 0.126 e. The fourth-order valence-corrected chi connectivity index (χ4v) is 6.30. The van der Waals surface area contributed by atoms with E-state index in [9.17, 15) is 40.9 Å². The molecule has 8 bridgehead atoms. The van der Waals surface area contributed by atoms with Crippen molar-refractivity contribution in [3.8, 4) is 46.0 Å². The lowest BCUT2D eigenvalue weighted by Crippen LogP contribution is -2.08. The molecular weight excluding hydrogens is 536 g/mol. The Morgan fingerprint density at radius 1 is 0.333 bits per heavy atom. The van der Waals surface area contributed by atoms with Crippen LogP contribution >= 0.6 is 0 Å². The molecule has 0 radical (unpaired) electrons. The summed E-state index contributed by atoms with van der Waals surface area (Å²) < 4.78 is 0. The van der Waals surface area contributed by atoms with E-state index in [4.69, 9.17) is 0 Å². The first-order chi connectivity index (χ1) is 19.6. The highest BCUT2D eigenvalue weighted by Gasteiger charge is 2.30. The fourth-order valence-electron chi connectivity index (χ4n) is 6.30. The van der Waals surface area contributed by atoms with Crippen LogP contribution in [0.15, 0.2) is 36.4 Å². The summed E-state index contributed by atoms with van der Waals surface area (Å²) in [5.74, 6) is -3.82. The zero-order valence-electron chi connectivity index (χ0n) is 24.4. The van der Waals surface area contributed by atoms with Gasteiger partial charge in [0.1, 0.15) is 46.0 Å². The minimum absolute atomic E-state index is 0.153. The first-order valence-corrected chi connectivity index (χ1v) is 13.9. The second-order valence-corrected chi connectivity index (χ2v) is 11.6. The zero-order chi connectivity index (χ0) is 30.9. The molecule has 0 heterocycles. The second-order valence-electron chi connectivity index (χ2n) is 11.6. The van der Waals surface area contributed by atoms with Crippen molar-refractivity contribution in [3.05, 3.63) is 92.0 Å². The number of hydrogen-bond donors (Lipinski definition) is 8. The average Bonchev–Trinajstić information content (AvgIpc) is 2.93. The van der Waals surface area contributed by atoms with Gasteiger partial charge in [0.05, 0.1) is 0 Å². The molecule has 0 saturated carbocycles. The summed E-state index contributed by atoms with van der Waals surface area (Å²) in [6.45, 7) is 10.3. The standard InChI is InChI=1S/C34H36O8/c1-13-19-7-20(28(36)11-27(19)35)14(2)25-10-26(34(42)18(6)33(25)41)16(4)22-8-21(29(37)12-30(22)38)15(3)24-9-23(13)31(39)17(5)32(24)40/h7-16,35-42H,1-6H3. The highest BCUT2D eigenvalue weighted by Crippen LogP contribution is 2.51. The Balaban J connectivity index is 1.92. The van der Waals surface area contributed by atoms with Gasteiger partial charge >= 0.3 is 0 Å². The lowest BCUT2D eigenvalue weighted by Gasteiger charge is -2.26. The van der Waals surface area contributed by atoms with Crippen LogP contribution in [0.3, 0.4) is 0 Å². The first kappa shape index (κ1) is 28.8. The number of rotatable bonds is 0. The van der Waals surface area contributed by atoms with E-state index in [0.717, 1.165) is 0 Å². The van der Waals surface area contributed by atoms with E-state index < -0.39 is 23.7 Å². The van der Waals surface area contributed by atoms with Crippen molar-refractivity contribution in [2.75, 3.05) is 0 Å². The monoisotopic (exact) mass is 572 g/mol. The summed E-state index contributed by atoms with van der Waals surface area (Å²) in [5, 5.41) is 88.2. The van der Waals surface area contributed by atoms with Crippen molar-refractivity contribution in [2.45, 2.75) is 65.2 Å². The maximum absolute atomic E-state index is 11.1. The molecule has 4 atom stereocenters. The Morgan fingerprint density at radius 2 is 0.524 bits per heavy atom. The van der Waals surface area contributed by atoms with Crippen molar-refractivity contribution in [1.29, 1.82) is 0 Å². The summed E-state index contributed by atoms with van der Waals surface area (Å²) in [7, 11) is 0. The van der Waals surface area contributed by atoms with Crippen LogP contribution in [0.1, 0.15) is 107 Å². The molecule has 1 aliphatic carbocycles. The molecule has 220 valence electrons. The van der Waals surface area contributed by atoms with Crippen LogP contribution in [-0.4, -0.2) is 40.9 Å². The molecule has 0 aromatic heterocycles. The van der Waals surface area contributed by atoms with E-state index in [1.165, 1.54) is 12.1 Å². The largest absolute Gasteiger partial charge is 0.508 e. The summed E-state index contributed by atoms with van der Waals surface area (Å²) >= 11 is 0. The summed E-state index contributed by atoms with van der Waals surface area (Å²) in [4.78, 5) is 0. The van der Waals surface area contributed by atoms with Gasteiger partial charge in [0.25, 0.3) is 0 Å².